The van der Waals surface area contributed by atoms with Crippen molar-refractivity contribution in [2.45, 2.75) is 19.4 Å². The van der Waals surface area contributed by atoms with Crippen molar-refractivity contribution in [3.8, 4) is 0 Å². The summed E-state index contributed by atoms with van der Waals surface area (Å²) in [4.78, 5) is 2.06. The van der Waals surface area contributed by atoms with Gasteiger partial charge in [0.2, 0.25) is 0 Å². The van der Waals surface area contributed by atoms with E-state index in [1.165, 1.54) is 0 Å². The molecule has 1 fully saturated rings. The van der Waals surface area contributed by atoms with Crippen LogP contribution in [0.25, 0.3) is 0 Å². The van der Waals surface area contributed by atoms with Gasteiger partial charge >= 0.3 is 0 Å². The predicted molar refractivity (Wildman–Crippen MR) is 51.4 cm³/mol. The van der Waals surface area contributed by atoms with Crippen molar-refractivity contribution >= 4 is 9.84 Å². The van der Waals surface area contributed by atoms with E-state index in [1.54, 1.807) is 0 Å². The van der Waals surface area contributed by atoms with E-state index in [9.17, 15) is 8.42 Å². The van der Waals surface area contributed by atoms with Crippen molar-refractivity contribution < 1.29 is 13.5 Å². The average Bonchev–Trinajstić information content (AvgIpc) is 2.09. The van der Waals surface area contributed by atoms with Gasteiger partial charge in [-0.2, -0.15) is 0 Å². The highest BCUT2D eigenvalue weighted by Crippen LogP contribution is 2.09. The van der Waals surface area contributed by atoms with E-state index in [4.69, 9.17) is 5.11 Å². The number of aliphatic hydroxyl groups excluding tert-OH is 1. The van der Waals surface area contributed by atoms with Crippen molar-refractivity contribution in [3.05, 3.63) is 0 Å². The summed E-state index contributed by atoms with van der Waals surface area (Å²) in [7, 11) is -2.79. The van der Waals surface area contributed by atoms with Gasteiger partial charge in [0, 0.05) is 19.1 Å². The van der Waals surface area contributed by atoms with Crippen LogP contribution in [0.1, 0.15) is 13.3 Å². The van der Waals surface area contributed by atoms with Crippen LogP contribution in [0.5, 0.6) is 0 Å². The van der Waals surface area contributed by atoms with Gasteiger partial charge < -0.3 is 5.11 Å². The van der Waals surface area contributed by atoms with E-state index in [0.717, 1.165) is 6.42 Å². The molecule has 5 heteroatoms. The second kappa shape index (κ2) is 4.39. The molecular weight excluding hydrogens is 190 g/mol. The molecular formula is C8H17NO3S. The molecule has 0 unspecified atom stereocenters. The lowest BCUT2D eigenvalue weighted by Crippen LogP contribution is -2.47. The second-order valence-corrected chi connectivity index (χ2v) is 5.74. The van der Waals surface area contributed by atoms with Crippen LogP contribution >= 0.6 is 0 Å². The van der Waals surface area contributed by atoms with Crippen molar-refractivity contribution in [1.29, 1.82) is 0 Å². The quantitative estimate of drug-likeness (QED) is 0.677. The summed E-state index contributed by atoms with van der Waals surface area (Å²) in [6.45, 7) is 3.27. The molecule has 0 bridgehead atoms. The SMILES string of the molecule is CC[C@@H](CO)N1CCS(=O)(=O)CC1. The van der Waals surface area contributed by atoms with Gasteiger partial charge in [0.15, 0.2) is 9.84 Å². The molecule has 1 rings (SSSR count). The highest BCUT2D eigenvalue weighted by molar-refractivity contribution is 7.91. The number of hydrogen-bond donors (Lipinski definition) is 1. The van der Waals surface area contributed by atoms with E-state index in [-0.39, 0.29) is 24.2 Å². The van der Waals surface area contributed by atoms with Crippen LogP contribution in [-0.2, 0) is 9.84 Å². The highest BCUT2D eigenvalue weighted by atomic mass is 32.2. The maximum atomic E-state index is 11.1. The molecule has 4 nitrogen and oxygen atoms in total. The van der Waals surface area contributed by atoms with Gasteiger partial charge in [-0.1, -0.05) is 6.92 Å². The number of sulfone groups is 1. The fourth-order valence-electron chi connectivity index (χ4n) is 1.59. The first kappa shape index (κ1) is 10.9. The van der Waals surface area contributed by atoms with Gasteiger partial charge in [0.1, 0.15) is 0 Å². The summed E-state index contributed by atoms with van der Waals surface area (Å²) in [6, 6.07) is 0.135. The zero-order valence-corrected chi connectivity index (χ0v) is 8.76. The fraction of sp³-hybridized carbons (Fsp3) is 1.00. The standard InChI is InChI=1S/C8H17NO3S/c1-2-8(7-10)9-3-5-13(11,12)6-4-9/h8,10H,2-7H2,1H3/t8-/m0/s1. The van der Waals surface area contributed by atoms with Crippen molar-refractivity contribution in [3.63, 3.8) is 0 Å². The second-order valence-electron chi connectivity index (χ2n) is 3.43. The van der Waals surface area contributed by atoms with Crippen LogP contribution < -0.4 is 0 Å². The van der Waals surface area contributed by atoms with E-state index in [1.807, 2.05) is 6.92 Å². The first-order valence-electron chi connectivity index (χ1n) is 4.64. The molecule has 1 aliphatic rings. The topological polar surface area (TPSA) is 57.6 Å². The maximum Gasteiger partial charge on any atom is 0.152 e. The molecule has 0 amide bonds. The molecule has 1 heterocycles. The van der Waals surface area contributed by atoms with E-state index in [2.05, 4.69) is 4.90 Å². The first-order valence-corrected chi connectivity index (χ1v) is 6.46. The van der Waals surface area contributed by atoms with E-state index in [0.29, 0.717) is 13.1 Å². The molecule has 0 spiro atoms. The molecule has 1 N–H and O–H groups in total. The van der Waals surface area contributed by atoms with Crippen LogP contribution in [0, 0.1) is 0 Å². The molecule has 0 aromatic carbocycles. The van der Waals surface area contributed by atoms with Crippen LogP contribution in [0.15, 0.2) is 0 Å². The molecule has 1 saturated heterocycles. The van der Waals surface area contributed by atoms with E-state index < -0.39 is 9.84 Å². The Kier molecular flexibility index (Phi) is 3.70. The van der Waals surface area contributed by atoms with Crippen molar-refractivity contribution in [1.82, 2.24) is 4.90 Å². The predicted octanol–water partition coefficient (Wildman–Crippen LogP) is -0.512. The Labute approximate surface area is 79.5 Å². The smallest absolute Gasteiger partial charge is 0.152 e. The summed E-state index contributed by atoms with van der Waals surface area (Å²) >= 11 is 0. The Bertz CT molecular complexity index is 232. The highest BCUT2D eigenvalue weighted by Gasteiger charge is 2.25. The lowest BCUT2D eigenvalue weighted by Gasteiger charge is -2.32. The molecule has 0 aromatic heterocycles. The zero-order chi connectivity index (χ0) is 9.90. The van der Waals surface area contributed by atoms with Gasteiger partial charge in [0.05, 0.1) is 18.1 Å². The summed E-state index contributed by atoms with van der Waals surface area (Å²) < 4.78 is 22.2. The lowest BCUT2D eigenvalue weighted by atomic mass is 10.2. The molecule has 0 aromatic rings. The summed E-state index contributed by atoms with van der Waals surface area (Å²) in [6.07, 6.45) is 0.872. The number of aliphatic hydroxyl groups is 1. The van der Waals surface area contributed by atoms with Crippen molar-refractivity contribution in [2.24, 2.45) is 0 Å². The van der Waals surface area contributed by atoms with Gasteiger partial charge in [-0.05, 0) is 6.42 Å². The third-order valence-corrected chi connectivity index (χ3v) is 4.19. The van der Waals surface area contributed by atoms with Crippen molar-refractivity contribution in [2.75, 3.05) is 31.2 Å². The minimum absolute atomic E-state index is 0.122. The molecule has 0 radical (unpaired) electrons. The van der Waals surface area contributed by atoms with Crippen LogP contribution in [0.4, 0.5) is 0 Å². The third kappa shape index (κ3) is 2.93. The largest absolute Gasteiger partial charge is 0.395 e. The molecule has 1 atom stereocenters. The van der Waals surface area contributed by atoms with Crippen LogP contribution in [0.3, 0.4) is 0 Å². The molecule has 13 heavy (non-hydrogen) atoms. The summed E-state index contributed by atoms with van der Waals surface area (Å²) in [5.41, 5.74) is 0. The number of rotatable bonds is 3. The lowest BCUT2D eigenvalue weighted by molar-refractivity contribution is 0.128. The number of nitrogens with zero attached hydrogens (tertiary/aromatic N) is 1. The number of hydrogen-bond acceptors (Lipinski definition) is 4. The Balaban J connectivity index is 2.49. The third-order valence-electron chi connectivity index (χ3n) is 2.58. The van der Waals surface area contributed by atoms with Gasteiger partial charge in [-0.15, -0.1) is 0 Å². The molecule has 0 aliphatic carbocycles. The Morgan fingerprint density at radius 1 is 1.38 bits per heavy atom. The van der Waals surface area contributed by atoms with E-state index >= 15 is 0 Å². The Morgan fingerprint density at radius 2 is 1.92 bits per heavy atom. The maximum absolute atomic E-state index is 11.1. The molecule has 0 saturated carbocycles. The summed E-state index contributed by atoms with van der Waals surface area (Å²) in [5.74, 6) is 0.479. The zero-order valence-electron chi connectivity index (χ0n) is 7.94. The van der Waals surface area contributed by atoms with Crippen LogP contribution in [0.2, 0.25) is 0 Å². The monoisotopic (exact) mass is 207 g/mol. The minimum atomic E-state index is -2.79. The Morgan fingerprint density at radius 3 is 2.31 bits per heavy atom. The van der Waals surface area contributed by atoms with Gasteiger partial charge in [0.25, 0.3) is 0 Å². The minimum Gasteiger partial charge on any atom is -0.395 e. The molecule has 1 aliphatic heterocycles. The van der Waals surface area contributed by atoms with Crippen LogP contribution in [-0.4, -0.2) is 55.7 Å². The first-order chi connectivity index (χ1) is 6.09. The average molecular weight is 207 g/mol. The summed E-state index contributed by atoms with van der Waals surface area (Å²) in [5, 5.41) is 9.02. The Hall–Kier alpha value is -0.130. The van der Waals surface area contributed by atoms with Gasteiger partial charge in [-0.25, -0.2) is 8.42 Å². The fourth-order valence-corrected chi connectivity index (χ4v) is 2.82. The normalized spacial score (nSPS) is 25.7. The molecule has 78 valence electrons. The van der Waals surface area contributed by atoms with Gasteiger partial charge in [-0.3, -0.25) is 4.90 Å².